The van der Waals surface area contributed by atoms with Crippen LogP contribution in [0.3, 0.4) is 0 Å². The number of hydrogen-bond acceptors (Lipinski definition) is 2. The second-order valence-corrected chi connectivity index (χ2v) is 3.86. The molecular weight excluding hydrogens is 238 g/mol. The van der Waals surface area contributed by atoms with E-state index in [1.54, 1.807) is 0 Å². The van der Waals surface area contributed by atoms with Gasteiger partial charge in [0, 0.05) is 5.69 Å². The molecule has 70 valence electrons. The summed E-state index contributed by atoms with van der Waals surface area (Å²) in [6.45, 7) is 0. The van der Waals surface area contributed by atoms with E-state index in [4.69, 9.17) is 5.11 Å². The number of carboxylic acids is 1. The summed E-state index contributed by atoms with van der Waals surface area (Å²) >= 11 is 3.21. The van der Waals surface area contributed by atoms with E-state index < -0.39 is 12.1 Å². The second kappa shape index (κ2) is 2.85. The average molecular weight is 246 g/mol. The van der Waals surface area contributed by atoms with Crippen LogP contribution in [0.4, 0.5) is 0 Å². The molecule has 3 N–H and O–H groups in total. The van der Waals surface area contributed by atoms with Gasteiger partial charge < -0.3 is 15.2 Å². The predicted molar refractivity (Wildman–Crippen MR) is 48.7 cm³/mol. The Morgan fingerprint density at radius 2 is 2.31 bits per heavy atom. The third kappa shape index (κ3) is 1.19. The molecule has 1 aromatic heterocycles. The number of carboxylic acid groups (broad SMARTS) is 1. The Hall–Kier alpha value is -0.810. The lowest BCUT2D eigenvalue weighted by Crippen LogP contribution is -2.00. The highest BCUT2D eigenvalue weighted by Crippen LogP contribution is 2.37. The van der Waals surface area contributed by atoms with Gasteiger partial charge in [-0.3, -0.25) is 0 Å². The van der Waals surface area contributed by atoms with Crippen LogP contribution in [0.1, 0.15) is 34.3 Å². The largest absolute Gasteiger partial charge is 0.477 e. The van der Waals surface area contributed by atoms with Crippen LogP contribution in [0, 0.1) is 0 Å². The van der Waals surface area contributed by atoms with Crippen LogP contribution >= 0.6 is 15.9 Å². The summed E-state index contributed by atoms with van der Waals surface area (Å²) in [6.07, 6.45) is 0.847. The number of aromatic nitrogens is 1. The molecule has 0 aromatic carbocycles. The van der Waals surface area contributed by atoms with Crippen LogP contribution in [-0.2, 0) is 6.42 Å². The molecule has 2 rings (SSSR count). The molecule has 0 unspecified atom stereocenters. The molecule has 0 fully saturated rings. The van der Waals surface area contributed by atoms with Gasteiger partial charge in [-0.25, -0.2) is 4.79 Å². The number of fused-ring (bicyclic) bond motifs is 1. The quantitative estimate of drug-likeness (QED) is 0.702. The Labute approximate surface area is 82.7 Å². The van der Waals surface area contributed by atoms with Crippen LogP contribution in [0.2, 0.25) is 0 Å². The van der Waals surface area contributed by atoms with Crippen LogP contribution in [0.25, 0.3) is 0 Å². The van der Waals surface area contributed by atoms with E-state index in [2.05, 4.69) is 20.9 Å². The van der Waals surface area contributed by atoms with Gasteiger partial charge in [-0.2, -0.15) is 0 Å². The van der Waals surface area contributed by atoms with Gasteiger partial charge in [-0.15, -0.1) is 0 Å². The van der Waals surface area contributed by atoms with E-state index in [-0.39, 0.29) is 5.69 Å². The average Bonchev–Trinajstić information content (AvgIpc) is 2.55. The van der Waals surface area contributed by atoms with E-state index >= 15 is 0 Å². The highest BCUT2D eigenvalue weighted by atomic mass is 79.9. The Kier molecular flexibility index (Phi) is 1.92. The Bertz CT molecular complexity index is 372. The molecule has 13 heavy (non-hydrogen) atoms. The molecular formula is C8H8BrNO3. The topological polar surface area (TPSA) is 73.3 Å². The van der Waals surface area contributed by atoms with Crippen molar-refractivity contribution in [3.8, 4) is 0 Å². The number of aromatic amines is 1. The van der Waals surface area contributed by atoms with Crippen molar-refractivity contribution in [3.63, 3.8) is 0 Å². The SMILES string of the molecule is O=C(O)c1[nH]c2c(c1Br)CC[C@H]2O. The van der Waals surface area contributed by atoms with E-state index in [1.807, 2.05) is 0 Å². The summed E-state index contributed by atoms with van der Waals surface area (Å²) in [7, 11) is 0. The number of halogens is 1. The maximum absolute atomic E-state index is 10.7. The highest BCUT2D eigenvalue weighted by Gasteiger charge is 2.28. The number of hydrogen-bond donors (Lipinski definition) is 3. The maximum atomic E-state index is 10.7. The van der Waals surface area contributed by atoms with Gasteiger partial charge in [0.2, 0.25) is 0 Å². The molecule has 0 radical (unpaired) electrons. The molecule has 0 saturated heterocycles. The van der Waals surface area contributed by atoms with Crippen molar-refractivity contribution >= 4 is 21.9 Å². The van der Waals surface area contributed by atoms with Gasteiger partial charge in [-0.1, -0.05) is 0 Å². The fourth-order valence-electron chi connectivity index (χ4n) is 1.64. The first-order valence-corrected chi connectivity index (χ1v) is 4.72. The standard InChI is InChI=1S/C8H8BrNO3/c9-5-3-1-2-4(11)6(3)10-7(5)8(12)13/h4,10-11H,1-2H2,(H,12,13)/t4-/m1/s1. The lowest BCUT2D eigenvalue weighted by molar-refractivity contribution is 0.0689. The number of rotatable bonds is 1. The zero-order chi connectivity index (χ0) is 9.59. The first-order valence-electron chi connectivity index (χ1n) is 3.93. The predicted octanol–water partition coefficient (Wildman–Crippen LogP) is 1.45. The van der Waals surface area contributed by atoms with E-state index in [0.717, 1.165) is 12.0 Å². The molecule has 0 aliphatic heterocycles. The summed E-state index contributed by atoms with van der Waals surface area (Å²) in [5.74, 6) is -1.01. The minimum absolute atomic E-state index is 0.128. The number of nitrogens with one attached hydrogen (secondary N) is 1. The van der Waals surface area contributed by atoms with Crippen molar-refractivity contribution in [1.29, 1.82) is 0 Å². The fourth-order valence-corrected chi connectivity index (χ4v) is 2.32. The molecule has 0 amide bonds. The molecule has 4 nitrogen and oxygen atoms in total. The van der Waals surface area contributed by atoms with Gasteiger partial charge in [-0.05, 0) is 34.3 Å². The van der Waals surface area contributed by atoms with Gasteiger partial charge >= 0.3 is 5.97 Å². The van der Waals surface area contributed by atoms with Gasteiger partial charge in [0.25, 0.3) is 0 Å². The van der Waals surface area contributed by atoms with Gasteiger partial charge in [0.15, 0.2) is 0 Å². The normalized spacial score (nSPS) is 20.3. The van der Waals surface area contributed by atoms with Crippen molar-refractivity contribution in [2.75, 3.05) is 0 Å². The van der Waals surface area contributed by atoms with Crippen molar-refractivity contribution < 1.29 is 15.0 Å². The summed E-state index contributed by atoms with van der Waals surface area (Å²) in [5.41, 5.74) is 1.66. The molecule has 1 aliphatic carbocycles. The smallest absolute Gasteiger partial charge is 0.353 e. The van der Waals surface area contributed by atoms with Crippen LogP contribution in [0.15, 0.2) is 4.47 Å². The fraction of sp³-hybridized carbons (Fsp3) is 0.375. The number of aliphatic hydroxyl groups is 1. The summed E-state index contributed by atoms with van der Waals surface area (Å²) < 4.78 is 0.576. The molecule has 1 atom stereocenters. The number of aromatic carboxylic acids is 1. The Morgan fingerprint density at radius 3 is 2.85 bits per heavy atom. The maximum Gasteiger partial charge on any atom is 0.353 e. The van der Waals surface area contributed by atoms with Crippen molar-refractivity contribution in [2.24, 2.45) is 0 Å². The molecule has 1 heterocycles. The van der Waals surface area contributed by atoms with Crippen LogP contribution in [-0.4, -0.2) is 21.2 Å². The third-order valence-corrected chi connectivity index (χ3v) is 3.16. The second-order valence-electron chi connectivity index (χ2n) is 3.07. The molecule has 1 aliphatic rings. The third-order valence-electron chi connectivity index (χ3n) is 2.28. The summed E-state index contributed by atoms with van der Waals surface area (Å²) in [4.78, 5) is 13.4. The molecule has 0 spiro atoms. The number of aliphatic hydroxyl groups excluding tert-OH is 1. The lowest BCUT2D eigenvalue weighted by Gasteiger charge is -1.98. The minimum atomic E-state index is -1.01. The molecule has 1 aromatic rings. The Balaban J connectivity index is 2.55. The van der Waals surface area contributed by atoms with Gasteiger partial charge in [0.05, 0.1) is 10.6 Å². The van der Waals surface area contributed by atoms with E-state index in [0.29, 0.717) is 16.6 Å². The molecule has 0 saturated carbocycles. The number of H-pyrrole nitrogens is 1. The summed E-state index contributed by atoms with van der Waals surface area (Å²) in [5, 5.41) is 18.2. The first kappa shape index (κ1) is 8.77. The zero-order valence-corrected chi connectivity index (χ0v) is 8.26. The van der Waals surface area contributed by atoms with Crippen molar-refractivity contribution in [2.45, 2.75) is 18.9 Å². The van der Waals surface area contributed by atoms with Crippen LogP contribution < -0.4 is 0 Å². The molecule has 5 heteroatoms. The van der Waals surface area contributed by atoms with Gasteiger partial charge in [0.1, 0.15) is 5.69 Å². The van der Waals surface area contributed by atoms with Crippen molar-refractivity contribution in [3.05, 3.63) is 21.4 Å². The summed E-state index contributed by atoms with van der Waals surface area (Å²) in [6, 6.07) is 0. The van der Waals surface area contributed by atoms with Crippen LogP contribution in [0.5, 0.6) is 0 Å². The monoisotopic (exact) mass is 245 g/mol. The zero-order valence-electron chi connectivity index (χ0n) is 6.67. The van der Waals surface area contributed by atoms with E-state index in [1.165, 1.54) is 0 Å². The first-order chi connectivity index (χ1) is 6.11. The Morgan fingerprint density at radius 1 is 1.62 bits per heavy atom. The van der Waals surface area contributed by atoms with Crippen molar-refractivity contribution in [1.82, 2.24) is 4.98 Å². The lowest BCUT2D eigenvalue weighted by atomic mass is 10.2. The minimum Gasteiger partial charge on any atom is -0.477 e. The number of carbonyl (C=O) groups is 1. The van der Waals surface area contributed by atoms with E-state index in [9.17, 15) is 9.90 Å². The highest BCUT2D eigenvalue weighted by molar-refractivity contribution is 9.10. The molecule has 0 bridgehead atoms.